The van der Waals surface area contributed by atoms with Gasteiger partial charge in [0.25, 0.3) is 0 Å². The summed E-state index contributed by atoms with van der Waals surface area (Å²) in [6.07, 6.45) is 17.9. The normalized spacial score (nSPS) is 16.6. The van der Waals surface area contributed by atoms with Gasteiger partial charge in [-0.1, -0.05) is 36.8 Å². The van der Waals surface area contributed by atoms with Gasteiger partial charge in [-0.25, -0.2) is 0 Å². The first-order chi connectivity index (χ1) is 18.2. The number of thioether (sulfide) groups is 1. The summed E-state index contributed by atoms with van der Waals surface area (Å²) in [5, 5.41) is 16.7. The standard InChI is InChI=1S/C28H31NO3S.C2H2.CH4O/c1-2-3-7-23-20-33-28(22-8-12-24(30)13-9-22)26(23)27(31)21-10-14-25(15-11-21)32-19-18-29-16-5-4-6-17-29;2*1-2/h2-3,7-15,30H,4-6,16-20H2,1H3;1-2H;2H,1H3/b3-2-,23-7+;;. The maximum atomic E-state index is 13.6. The highest BCUT2D eigenvalue weighted by molar-refractivity contribution is 8.09. The Kier molecular flexibility index (Phi) is 13.4. The van der Waals surface area contributed by atoms with Gasteiger partial charge in [0.15, 0.2) is 5.78 Å². The summed E-state index contributed by atoms with van der Waals surface area (Å²) in [5.74, 6) is 1.77. The first-order valence-electron chi connectivity index (χ1n) is 12.4. The van der Waals surface area contributed by atoms with Crippen LogP contribution >= 0.6 is 11.8 Å². The molecule has 2 aromatic rings. The maximum Gasteiger partial charge on any atom is 0.194 e. The average molecular weight is 520 g/mol. The maximum absolute atomic E-state index is 13.6. The molecule has 2 aliphatic heterocycles. The van der Waals surface area contributed by atoms with E-state index in [1.807, 2.05) is 61.5 Å². The van der Waals surface area contributed by atoms with Crippen LogP contribution in [0.15, 0.2) is 77.9 Å². The van der Waals surface area contributed by atoms with E-state index in [-0.39, 0.29) is 11.5 Å². The minimum atomic E-state index is 0.0127. The third-order valence-electron chi connectivity index (χ3n) is 6.01. The minimum absolute atomic E-state index is 0.0127. The zero-order valence-corrected chi connectivity index (χ0v) is 22.5. The number of hydrogen-bond donors (Lipinski definition) is 2. The van der Waals surface area contributed by atoms with Crippen molar-refractivity contribution in [2.24, 2.45) is 0 Å². The number of allylic oxidation sites excluding steroid dienone is 4. The van der Waals surface area contributed by atoms with Crippen LogP contribution in [0, 0.1) is 12.8 Å². The summed E-state index contributed by atoms with van der Waals surface area (Å²) in [7, 11) is 1.00. The second-order valence-electron chi connectivity index (χ2n) is 8.36. The van der Waals surface area contributed by atoms with Gasteiger partial charge in [-0.2, -0.15) is 0 Å². The number of likely N-dealkylation sites (tertiary alicyclic amines) is 1. The molecule has 0 atom stereocenters. The highest BCUT2D eigenvalue weighted by Gasteiger charge is 2.27. The monoisotopic (exact) mass is 519 g/mol. The predicted molar refractivity (Wildman–Crippen MR) is 155 cm³/mol. The number of ether oxygens (including phenoxy) is 1. The van der Waals surface area contributed by atoms with E-state index in [1.54, 1.807) is 23.9 Å². The number of carbonyl (C=O) groups excluding carboxylic acids is 1. The Labute approximate surface area is 225 Å². The van der Waals surface area contributed by atoms with Gasteiger partial charge in [-0.05, 0) is 80.4 Å². The Balaban J connectivity index is 0.00000115. The van der Waals surface area contributed by atoms with Crippen LogP contribution in [0.5, 0.6) is 11.5 Å². The molecule has 2 aromatic carbocycles. The van der Waals surface area contributed by atoms with E-state index < -0.39 is 0 Å². The molecule has 0 spiro atoms. The van der Waals surface area contributed by atoms with E-state index in [9.17, 15) is 9.90 Å². The molecule has 196 valence electrons. The molecular weight excluding hydrogens is 482 g/mol. The lowest BCUT2D eigenvalue weighted by Crippen LogP contribution is -2.33. The van der Waals surface area contributed by atoms with Crippen molar-refractivity contribution in [1.82, 2.24) is 4.90 Å². The van der Waals surface area contributed by atoms with Crippen molar-refractivity contribution in [2.45, 2.75) is 26.2 Å². The Morgan fingerprint density at radius 1 is 1.03 bits per heavy atom. The number of nitrogens with zero attached hydrogens (tertiary/aromatic N) is 1. The van der Waals surface area contributed by atoms with Gasteiger partial charge in [0, 0.05) is 35.4 Å². The fourth-order valence-corrected chi connectivity index (χ4v) is 5.41. The number of aliphatic hydroxyl groups is 1. The van der Waals surface area contributed by atoms with Crippen LogP contribution in [0.4, 0.5) is 0 Å². The summed E-state index contributed by atoms with van der Waals surface area (Å²) >= 11 is 1.66. The van der Waals surface area contributed by atoms with Crippen molar-refractivity contribution >= 4 is 22.5 Å². The van der Waals surface area contributed by atoms with Crippen molar-refractivity contribution in [1.29, 1.82) is 0 Å². The number of piperidine rings is 1. The quantitative estimate of drug-likeness (QED) is 0.331. The van der Waals surface area contributed by atoms with Gasteiger partial charge < -0.3 is 14.9 Å². The molecule has 2 heterocycles. The van der Waals surface area contributed by atoms with E-state index in [2.05, 4.69) is 17.7 Å². The van der Waals surface area contributed by atoms with E-state index in [0.717, 1.165) is 59.9 Å². The molecule has 0 aromatic heterocycles. The Morgan fingerprint density at radius 3 is 2.30 bits per heavy atom. The number of ketones is 1. The van der Waals surface area contributed by atoms with Gasteiger partial charge >= 0.3 is 0 Å². The van der Waals surface area contributed by atoms with Crippen LogP contribution in [-0.2, 0) is 0 Å². The number of Topliss-reactive ketones (excluding diaryl/α,β-unsaturated/α-hetero) is 1. The van der Waals surface area contributed by atoms with E-state index in [4.69, 9.17) is 9.84 Å². The Hall–Kier alpha value is -3.24. The number of phenolic OH excluding ortho intramolecular Hbond substituents is 1. The van der Waals surface area contributed by atoms with Crippen LogP contribution in [0.2, 0.25) is 0 Å². The number of hydrogen-bond acceptors (Lipinski definition) is 6. The number of aromatic hydroxyl groups is 1. The molecule has 37 heavy (non-hydrogen) atoms. The van der Waals surface area contributed by atoms with E-state index >= 15 is 0 Å². The molecule has 6 heteroatoms. The molecule has 1 fully saturated rings. The largest absolute Gasteiger partial charge is 0.508 e. The van der Waals surface area contributed by atoms with Crippen LogP contribution in [0.3, 0.4) is 0 Å². The average Bonchev–Trinajstić information content (AvgIpc) is 3.39. The van der Waals surface area contributed by atoms with E-state index in [0.29, 0.717) is 12.2 Å². The van der Waals surface area contributed by atoms with Gasteiger partial charge in [0.05, 0.1) is 0 Å². The summed E-state index contributed by atoms with van der Waals surface area (Å²) in [5.41, 5.74) is 3.36. The Bertz CT molecular complexity index is 1090. The Morgan fingerprint density at radius 2 is 1.68 bits per heavy atom. The lowest BCUT2D eigenvalue weighted by atomic mass is 9.95. The first kappa shape index (κ1) is 30.0. The van der Waals surface area contributed by atoms with Crippen LogP contribution in [0.1, 0.15) is 42.1 Å². The zero-order chi connectivity index (χ0) is 27.0. The number of terminal acetylenes is 1. The van der Waals surface area contributed by atoms with Gasteiger partial charge in [-0.3, -0.25) is 9.69 Å². The molecule has 0 unspecified atom stereocenters. The van der Waals surface area contributed by atoms with Crippen molar-refractivity contribution in [2.75, 3.05) is 39.1 Å². The molecule has 0 saturated carbocycles. The predicted octanol–water partition coefficient (Wildman–Crippen LogP) is 5.96. The molecule has 2 aliphatic rings. The molecule has 0 radical (unpaired) electrons. The highest BCUT2D eigenvalue weighted by Crippen LogP contribution is 2.44. The number of aliphatic hydroxyl groups excluding tert-OH is 1. The van der Waals surface area contributed by atoms with Crippen molar-refractivity contribution < 1.29 is 19.7 Å². The molecular formula is C31H37NO4S. The fraction of sp³-hybridized carbons (Fsp3) is 0.323. The SMILES string of the molecule is C#C.C/C=C\C=C1/CSC(c2ccc(O)cc2)=C1C(=O)c1ccc(OCCN2CCCCC2)cc1.CO. The van der Waals surface area contributed by atoms with Crippen molar-refractivity contribution in [3.8, 4) is 24.3 Å². The number of carbonyl (C=O) groups is 1. The van der Waals surface area contributed by atoms with Crippen molar-refractivity contribution in [3.05, 3.63) is 89.0 Å². The number of rotatable bonds is 8. The summed E-state index contributed by atoms with van der Waals surface area (Å²) in [6.45, 7) is 5.90. The minimum Gasteiger partial charge on any atom is -0.508 e. The second kappa shape index (κ2) is 16.5. The third kappa shape index (κ3) is 8.68. The highest BCUT2D eigenvalue weighted by atomic mass is 32.2. The molecule has 5 nitrogen and oxygen atoms in total. The summed E-state index contributed by atoms with van der Waals surface area (Å²) in [4.78, 5) is 17.0. The topological polar surface area (TPSA) is 70.0 Å². The number of benzene rings is 2. The fourth-order valence-electron chi connectivity index (χ4n) is 4.20. The first-order valence-corrected chi connectivity index (χ1v) is 13.4. The molecule has 2 N–H and O–H groups in total. The van der Waals surface area contributed by atoms with Gasteiger partial charge in [0.1, 0.15) is 18.1 Å². The lowest BCUT2D eigenvalue weighted by molar-refractivity contribution is 0.103. The summed E-state index contributed by atoms with van der Waals surface area (Å²) in [6, 6.07) is 14.5. The van der Waals surface area contributed by atoms with Crippen LogP contribution in [0.25, 0.3) is 4.91 Å². The van der Waals surface area contributed by atoms with Gasteiger partial charge in [0.2, 0.25) is 0 Å². The number of phenols is 1. The smallest absolute Gasteiger partial charge is 0.194 e. The molecule has 1 saturated heterocycles. The lowest BCUT2D eigenvalue weighted by Gasteiger charge is -2.26. The third-order valence-corrected chi connectivity index (χ3v) is 7.19. The molecule has 4 rings (SSSR count). The summed E-state index contributed by atoms with van der Waals surface area (Å²) < 4.78 is 5.93. The second-order valence-corrected chi connectivity index (χ2v) is 9.35. The van der Waals surface area contributed by atoms with Crippen LogP contribution in [-0.4, -0.2) is 60.0 Å². The molecule has 0 amide bonds. The zero-order valence-electron chi connectivity index (χ0n) is 21.7. The van der Waals surface area contributed by atoms with Crippen molar-refractivity contribution in [3.63, 3.8) is 0 Å². The van der Waals surface area contributed by atoms with Crippen LogP contribution < -0.4 is 4.74 Å². The van der Waals surface area contributed by atoms with E-state index in [1.165, 1.54) is 19.3 Å². The molecule has 0 aliphatic carbocycles. The van der Waals surface area contributed by atoms with Gasteiger partial charge in [-0.15, -0.1) is 24.6 Å². The molecule has 0 bridgehead atoms.